The molecule has 1 N–H and O–H groups in total. The Bertz CT molecular complexity index is 413. The largest absolute Gasteiger partial charge is 0.465 e. The Kier molecular flexibility index (Phi) is 4.87. The molecule has 0 spiro atoms. The van der Waals surface area contributed by atoms with Crippen LogP contribution in [0.15, 0.2) is 18.3 Å². The molecule has 0 amide bonds. The first-order valence-corrected chi connectivity index (χ1v) is 6.61. The number of hydrogen-bond donors (Lipinski definition) is 1. The molecule has 2 rings (SSSR count). The van der Waals surface area contributed by atoms with Crippen LogP contribution in [-0.4, -0.2) is 36.8 Å². The molecule has 0 radical (unpaired) electrons. The Balaban J connectivity index is 1.74. The number of methoxy groups -OCH3 is 1. The Morgan fingerprint density at radius 3 is 2.84 bits per heavy atom. The molecule has 0 unspecified atom stereocenters. The first-order valence-electron chi connectivity index (χ1n) is 6.61. The van der Waals surface area contributed by atoms with Crippen LogP contribution in [-0.2, 0) is 16.0 Å². The molecule has 1 aromatic heterocycles. The van der Waals surface area contributed by atoms with Crippen LogP contribution < -0.4 is 5.32 Å². The number of aromatic nitrogens is 1. The number of carbonyl (C=O) groups is 1. The maximum absolute atomic E-state index is 11.3. The van der Waals surface area contributed by atoms with E-state index in [1.807, 2.05) is 13.0 Å². The van der Waals surface area contributed by atoms with Gasteiger partial charge >= 0.3 is 5.97 Å². The number of hydrogen-bond acceptors (Lipinski definition) is 5. The molecule has 0 aromatic carbocycles. The fourth-order valence-electron chi connectivity index (χ4n) is 2.12. The average molecular weight is 264 g/mol. The van der Waals surface area contributed by atoms with E-state index in [-0.39, 0.29) is 5.97 Å². The number of esters is 1. The van der Waals surface area contributed by atoms with Crippen molar-refractivity contribution < 1.29 is 14.3 Å². The minimum absolute atomic E-state index is 0.356. The van der Waals surface area contributed by atoms with Crippen molar-refractivity contribution in [3.05, 3.63) is 29.6 Å². The van der Waals surface area contributed by atoms with Crippen molar-refractivity contribution in [2.75, 3.05) is 13.7 Å². The zero-order valence-corrected chi connectivity index (χ0v) is 11.4. The molecule has 1 heterocycles. The summed E-state index contributed by atoms with van der Waals surface area (Å²) >= 11 is 0. The van der Waals surface area contributed by atoms with Gasteiger partial charge in [0.1, 0.15) is 0 Å². The van der Waals surface area contributed by atoms with Gasteiger partial charge in [-0.05, 0) is 31.9 Å². The molecule has 1 aliphatic carbocycles. The van der Waals surface area contributed by atoms with E-state index in [1.54, 1.807) is 12.3 Å². The molecule has 19 heavy (non-hydrogen) atoms. The molecule has 0 bridgehead atoms. The smallest absolute Gasteiger partial charge is 0.339 e. The van der Waals surface area contributed by atoms with E-state index in [4.69, 9.17) is 4.74 Å². The predicted molar refractivity (Wildman–Crippen MR) is 70.9 cm³/mol. The predicted octanol–water partition coefficient (Wildman–Crippen LogP) is 1.53. The quantitative estimate of drug-likeness (QED) is 0.789. The summed E-state index contributed by atoms with van der Waals surface area (Å²) in [6.45, 7) is 3.52. The van der Waals surface area contributed by atoms with Gasteiger partial charge in [-0.25, -0.2) is 4.79 Å². The molecule has 5 nitrogen and oxygen atoms in total. The third-order valence-corrected chi connectivity index (χ3v) is 3.31. The molecular formula is C14H20N2O3. The number of nitrogens with one attached hydrogen (secondary N) is 1. The average Bonchev–Trinajstić information content (AvgIpc) is 2.41. The minimum Gasteiger partial charge on any atom is -0.465 e. The molecule has 1 aromatic rings. The summed E-state index contributed by atoms with van der Waals surface area (Å²) in [5, 5.41) is 3.43. The first-order chi connectivity index (χ1) is 9.22. The van der Waals surface area contributed by atoms with Gasteiger partial charge in [0.2, 0.25) is 0 Å². The molecular weight excluding hydrogens is 244 g/mol. The lowest BCUT2D eigenvalue weighted by Gasteiger charge is -2.35. The van der Waals surface area contributed by atoms with Crippen molar-refractivity contribution in [2.24, 2.45) is 0 Å². The molecule has 104 valence electrons. The molecule has 1 aliphatic rings. The highest BCUT2D eigenvalue weighted by molar-refractivity contribution is 5.88. The summed E-state index contributed by atoms with van der Waals surface area (Å²) in [4.78, 5) is 15.5. The second-order valence-electron chi connectivity index (χ2n) is 4.66. The highest BCUT2D eigenvalue weighted by atomic mass is 16.5. The molecule has 0 aliphatic heterocycles. The van der Waals surface area contributed by atoms with Gasteiger partial charge in [0, 0.05) is 25.4 Å². The summed E-state index contributed by atoms with van der Waals surface area (Å²) < 4.78 is 10.1. The summed E-state index contributed by atoms with van der Waals surface area (Å²) in [5.41, 5.74) is 1.40. The SMILES string of the molecule is CCOC1CC(NCc2ccc(C(=O)OC)cn2)C1. The highest BCUT2D eigenvalue weighted by Gasteiger charge is 2.28. The molecule has 5 heteroatoms. The zero-order valence-electron chi connectivity index (χ0n) is 11.4. The van der Waals surface area contributed by atoms with Crippen LogP contribution in [0.1, 0.15) is 35.8 Å². The lowest BCUT2D eigenvalue weighted by atomic mass is 9.89. The van der Waals surface area contributed by atoms with Gasteiger partial charge in [-0.1, -0.05) is 0 Å². The Hall–Kier alpha value is -1.46. The summed E-state index contributed by atoms with van der Waals surface area (Å²) in [6, 6.07) is 4.09. The van der Waals surface area contributed by atoms with Crippen molar-refractivity contribution in [1.29, 1.82) is 0 Å². The number of rotatable bonds is 6. The van der Waals surface area contributed by atoms with Crippen LogP contribution in [0.25, 0.3) is 0 Å². The van der Waals surface area contributed by atoms with Crippen LogP contribution in [0.4, 0.5) is 0 Å². The van der Waals surface area contributed by atoms with Gasteiger partial charge in [0.05, 0.1) is 24.5 Å². The maximum Gasteiger partial charge on any atom is 0.339 e. The Labute approximate surface area is 113 Å². The Morgan fingerprint density at radius 2 is 2.26 bits per heavy atom. The van der Waals surface area contributed by atoms with Gasteiger partial charge in [-0.2, -0.15) is 0 Å². The molecule has 1 fully saturated rings. The van der Waals surface area contributed by atoms with E-state index in [9.17, 15) is 4.79 Å². The van der Waals surface area contributed by atoms with Crippen LogP contribution in [0.5, 0.6) is 0 Å². The van der Waals surface area contributed by atoms with E-state index in [1.165, 1.54) is 7.11 Å². The van der Waals surface area contributed by atoms with E-state index in [0.29, 0.717) is 24.3 Å². The van der Waals surface area contributed by atoms with Crippen LogP contribution in [0, 0.1) is 0 Å². The fourth-order valence-corrected chi connectivity index (χ4v) is 2.12. The normalized spacial score (nSPS) is 21.8. The Morgan fingerprint density at radius 1 is 1.47 bits per heavy atom. The number of nitrogens with zero attached hydrogens (tertiary/aromatic N) is 1. The highest BCUT2D eigenvalue weighted by Crippen LogP contribution is 2.23. The second-order valence-corrected chi connectivity index (χ2v) is 4.66. The van der Waals surface area contributed by atoms with Crippen molar-refractivity contribution in [3.8, 4) is 0 Å². The van der Waals surface area contributed by atoms with Gasteiger partial charge in [-0.15, -0.1) is 0 Å². The van der Waals surface area contributed by atoms with Gasteiger partial charge < -0.3 is 14.8 Å². The topological polar surface area (TPSA) is 60.5 Å². The summed E-state index contributed by atoms with van der Waals surface area (Å²) in [7, 11) is 1.36. The van der Waals surface area contributed by atoms with E-state index < -0.39 is 0 Å². The third-order valence-electron chi connectivity index (χ3n) is 3.31. The van der Waals surface area contributed by atoms with Crippen LogP contribution >= 0.6 is 0 Å². The van der Waals surface area contributed by atoms with Gasteiger partial charge in [0.25, 0.3) is 0 Å². The molecule has 0 saturated heterocycles. The lowest BCUT2D eigenvalue weighted by Crippen LogP contribution is -2.45. The minimum atomic E-state index is -0.356. The fraction of sp³-hybridized carbons (Fsp3) is 0.571. The van der Waals surface area contributed by atoms with Crippen molar-refractivity contribution in [2.45, 2.75) is 38.5 Å². The first kappa shape index (κ1) is 14.0. The van der Waals surface area contributed by atoms with Crippen molar-refractivity contribution >= 4 is 5.97 Å². The van der Waals surface area contributed by atoms with E-state index in [0.717, 1.165) is 25.1 Å². The monoisotopic (exact) mass is 264 g/mol. The van der Waals surface area contributed by atoms with Gasteiger partial charge in [0.15, 0.2) is 0 Å². The van der Waals surface area contributed by atoms with Gasteiger partial charge in [-0.3, -0.25) is 4.98 Å². The van der Waals surface area contributed by atoms with Crippen LogP contribution in [0.3, 0.4) is 0 Å². The lowest BCUT2D eigenvalue weighted by molar-refractivity contribution is -0.0103. The maximum atomic E-state index is 11.3. The van der Waals surface area contributed by atoms with Crippen LogP contribution in [0.2, 0.25) is 0 Å². The number of carbonyl (C=O) groups excluding carboxylic acids is 1. The zero-order chi connectivity index (χ0) is 13.7. The second kappa shape index (κ2) is 6.63. The molecule has 1 saturated carbocycles. The third kappa shape index (κ3) is 3.75. The summed E-state index contributed by atoms with van der Waals surface area (Å²) in [5.74, 6) is -0.356. The molecule has 0 atom stereocenters. The van der Waals surface area contributed by atoms with Crippen molar-refractivity contribution in [1.82, 2.24) is 10.3 Å². The van der Waals surface area contributed by atoms with E-state index >= 15 is 0 Å². The number of ether oxygens (including phenoxy) is 2. The number of pyridine rings is 1. The standard InChI is InChI=1S/C14H20N2O3/c1-3-19-13-6-12(7-13)16-9-11-5-4-10(8-15-11)14(17)18-2/h4-5,8,12-13,16H,3,6-7,9H2,1-2H3. The summed E-state index contributed by atoms with van der Waals surface area (Å²) in [6.07, 6.45) is 4.09. The van der Waals surface area contributed by atoms with E-state index in [2.05, 4.69) is 15.0 Å². The van der Waals surface area contributed by atoms with Crippen molar-refractivity contribution in [3.63, 3.8) is 0 Å².